The van der Waals surface area contributed by atoms with Crippen molar-refractivity contribution in [1.82, 2.24) is 10.2 Å². The van der Waals surface area contributed by atoms with Gasteiger partial charge in [-0.2, -0.15) is 0 Å². The van der Waals surface area contributed by atoms with Crippen molar-refractivity contribution in [1.29, 1.82) is 0 Å². The van der Waals surface area contributed by atoms with E-state index in [9.17, 15) is 14.4 Å². The first-order chi connectivity index (χ1) is 12.0. The minimum atomic E-state index is -0.0395. The van der Waals surface area contributed by atoms with Crippen LogP contribution in [0.5, 0.6) is 0 Å². The molecule has 0 aliphatic rings. The van der Waals surface area contributed by atoms with Gasteiger partial charge in [-0.25, -0.2) is 0 Å². The van der Waals surface area contributed by atoms with E-state index in [0.717, 1.165) is 19.3 Å². The predicted octanol–water partition coefficient (Wildman–Crippen LogP) is 2.80. The van der Waals surface area contributed by atoms with Crippen molar-refractivity contribution in [2.45, 2.75) is 46.5 Å². The lowest BCUT2D eigenvalue weighted by atomic mass is 10.1. The van der Waals surface area contributed by atoms with Crippen LogP contribution in [0.15, 0.2) is 24.3 Å². The molecule has 2 N–H and O–H groups in total. The van der Waals surface area contributed by atoms with Crippen LogP contribution in [-0.2, 0) is 9.59 Å². The Hall–Kier alpha value is -2.37. The number of nitrogens with one attached hydrogen (secondary N) is 2. The van der Waals surface area contributed by atoms with Crippen molar-refractivity contribution < 1.29 is 14.4 Å². The van der Waals surface area contributed by atoms with Crippen LogP contribution >= 0.6 is 0 Å². The molecule has 25 heavy (non-hydrogen) atoms. The summed E-state index contributed by atoms with van der Waals surface area (Å²) in [5.41, 5.74) is 1.32. The average Bonchev–Trinajstić information content (AvgIpc) is 2.59. The van der Waals surface area contributed by atoms with Crippen molar-refractivity contribution in [2.75, 3.05) is 25.0 Å². The van der Waals surface area contributed by atoms with Crippen LogP contribution in [-0.4, -0.2) is 42.3 Å². The van der Waals surface area contributed by atoms with Gasteiger partial charge in [-0.05, 0) is 51.0 Å². The molecule has 1 aromatic rings. The summed E-state index contributed by atoms with van der Waals surface area (Å²) in [6.07, 6.45) is 2.99. The van der Waals surface area contributed by atoms with E-state index in [0.29, 0.717) is 37.3 Å². The number of benzene rings is 1. The molecule has 0 aliphatic carbocycles. The van der Waals surface area contributed by atoms with Crippen molar-refractivity contribution >= 4 is 23.4 Å². The second kappa shape index (κ2) is 11.2. The molecular weight excluding hydrogens is 318 g/mol. The Morgan fingerprint density at radius 2 is 1.60 bits per heavy atom. The van der Waals surface area contributed by atoms with Crippen LogP contribution in [0.25, 0.3) is 0 Å². The van der Waals surface area contributed by atoms with Crippen LogP contribution in [0.3, 0.4) is 0 Å². The van der Waals surface area contributed by atoms with Gasteiger partial charge in [-0.1, -0.05) is 6.42 Å². The fourth-order valence-corrected chi connectivity index (χ4v) is 2.46. The maximum absolute atomic E-state index is 12.2. The van der Waals surface area contributed by atoms with E-state index in [1.54, 1.807) is 29.2 Å². The summed E-state index contributed by atoms with van der Waals surface area (Å²) in [4.78, 5) is 36.6. The first-order valence-corrected chi connectivity index (χ1v) is 8.91. The summed E-state index contributed by atoms with van der Waals surface area (Å²) < 4.78 is 0. The fraction of sp³-hybridized carbons (Fsp3) is 0.526. The third-order valence-corrected chi connectivity index (χ3v) is 3.92. The first kappa shape index (κ1) is 20.7. The normalized spacial score (nSPS) is 10.2. The highest BCUT2D eigenvalue weighted by atomic mass is 16.2. The number of anilines is 1. The van der Waals surface area contributed by atoms with Crippen LogP contribution in [0.4, 0.5) is 5.69 Å². The molecule has 0 atom stereocenters. The van der Waals surface area contributed by atoms with Gasteiger partial charge < -0.3 is 15.5 Å². The van der Waals surface area contributed by atoms with E-state index in [2.05, 4.69) is 10.6 Å². The summed E-state index contributed by atoms with van der Waals surface area (Å²) in [6.45, 7) is 7.40. The molecule has 0 aromatic heterocycles. The highest BCUT2D eigenvalue weighted by molar-refractivity contribution is 5.95. The van der Waals surface area contributed by atoms with Gasteiger partial charge in [0.1, 0.15) is 0 Å². The standard InChI is InChI=1S/C19H29N3O3/c1-4-22(5-2)19(25)16-10-12-17(13-11-16)21-18(24)9-7-6-8-14-20-15(3)23/h10-13H,4-9,14H2,1-3H3,(H,20,23)(H,21,24). The third kappa shape index (κ3) is 7.83. The number of carbonyl (C=O) groups excluding carboxylic acids is 3. The van der Waals surface area contributed by atoms with Crippen molar-refractivity contribution in [3.05, 3.63) is 29.8 Å². The molecule has 0 spiro atoms. The molecule has 1 rings (SSSR count). The zero-order valence-electron chi connectivity index (χ0n) is 15.4. The molecule has 0 aliphatic heterocycles. The smallest absolute Gasteiger partial charge is 0.253 e. The van der Waals surface area contributed by atoms with Gasteiger partial charge in [0.25, 0.3) is 5.91 Å². The SMILES string of the molecule is CCN(CC)C(=O)c1ccc(NC(=O)CCCCCNC(C)=O)cc1. The van der Waals surface area contributed by atoms with Gasteiger partial charge in [0, 0.05) is 44.2 Å². The zero-order valence-corrected chi connectivity index (χ0v) is 15.4. The summed E-state index contributed by atoms with van der Waals surface area (Å²) in [5, 5.41) is 5.57. The molecule has 0 unspecified atom stereocenters. The summed E-state index contributed by atoms with van der Waals surface area (Å²) in [5.74, 6) is -0.0648. The molecule has 138 valence electrons. The number of hydrogen-bond donors (Lipinski definition) is 2. The van der Waals surface area contributed by atoms with Gasteiger partial charge in [0.2, 0.25) is 11.8 Å². The molecule has 6 nitrogen and oxygen atoms in total. The number of unbranched alkanes of at least 4 members (excludes halogenated alkanes) is 2. The number of amides is 3. The van der Waals surface area contributed by atoms with E-state index < -0.39 is 0 Å². The largest absolute Gasteiger partial charge is 0.356 e. The lowest BCUT2D eigenvalue weighted by molar-refractivity contribution is -0.119. The highest BCUT2D eigenvalue weighted by Crippen LogP contribution is 2.12. The average molecular weight is 347 g/mol. The molecule has 6 heteroatoms. The zero-order chi connectivity index (χ0) is 18.7. The molecular formula is C19H29N3O3. The molecule has 0 radical (unpaired) electrons. The second-order valence-electron chi connectivity index (χ2n) is 5.90. The molecule has 0 heterocycles. The van der Waals surface area contributed by atoms with Crippen LogP contribution in [0.2, 0.25) is 0 Å². The monoisotopic (exact) mass is 347 g/mol. The number of nitrogens with zero attached hydrogens (tertiary/aromatic N) is 1. The van der Waals surface area contributed by atoms with E-state index in [1.165, 1.54) is 6.92 Å². The van der Waals surface area contributed by atoms with Gasteiger partial charge in [-0.15, -0.1) is 0 Å². The minimum absolute atomic E-state index is 0.00190. The second-order valence-corrected chi connectivity index (χ2v) is 5.90. The number of carbonyl (C=O) groups is 3. The number of hydrogen-bond acceptors (Lipinski definition) is 3. The van der Waals surface area contributed by atoms with Crippen LogP contribution < -0.4 is 10.6 Å². The van der Waals surface area contributed by atoms with Gasteiger partial charge in [-0.3, -0.25) is 14.4 Å². The predicted molar refractivity (Wildman–Crippen MR) is 99.5 cm³/mol. The number of rotatable bonds is 10. The Labute approximate surface area is 150 Å². The third-order valence-electron chi connectivity index (χ3n) is 3.92. The van der Waals surface area contributed by atoms with Crippen LogP contribution in [0, 0.1) is 0 Å². The fourth-order valence-electron chi connectivity index (χ4n) is 2.46. The minimum Gasteiger partial charge on any atom is -0.356 e. The molecule has 0 bridgehead atoms. The molecule has 1 aromatic carbocycles. The lowest BCUT2D eigenvalue weighted by Gasteiger charge is -2.18. The van der Waals surface area contributed by atoms with Gasteiger partial charge in [0.15, 0.2) is 0 Å². The quantitative estimate of drug-likeness (QED) is 0.639. The maximum atomic E-state index is 12.2. The maximum Gasteiger partial charge on any atom is 0.253 e. The summed E-state index contributed by atoms with van der Waals surface area (Å²) in [6, 6.07) is 6.99. The van der Waals surface area contributed by atoms with Crippen molar-refractivity contribution in [3.63, 3.8) is 0 Å². The highest BCUT2D eigenvalue weighted by Gasteiger charge is 2.12. The van der Waals surface area contributed by atoms with Crippen molar-refractivity contribution in [2.24, 2.45) is 0 Å². The Morgan fingerprint density at radius 1 is 0.960 bits per heavy atom. The molecule has 0 fully saturated rings. The molecule has 0 saturated heterocycles. The Balaban J connectivity index is 2.36. The lowest BCUT2D eigenvalue weighted by Crippen LogP contribution is -2.30. The molecule has 3 amide bonds. The van der Waals surface area contributed by atoms with E-state index >= 15 is 0 Å². The Morgan fingerprint density at radius 3 is 2.16 bits per heavy atom. The van der Waals surface area contributed by atoms with Gasteiger partial charge >= 0.3 is 0 Å². The summed E-state index contributed by atoms with van der Waals surface area (Å²) >= 11 is 0. The Kier molecular flexibility index (Phi) is 9.29. The van der Waals surface area contributed by atoms with Gasteiger partial charge in [0.05, 0.1) is 0 Å². The first-order valence-electron chi connectivity index (χ1n) is 8.91. The Bertz CT molecular complexity index is 566. The molecule has 0 saturated carbocycles. The van der Waals surface area contributed by atoms with E-state index in [-0.39, 0.29) is 17.7 Å². The van der Waals surface area contributed by atoms with Crippen molar-refractivity contribution in [3.8, 4) is 0 Å². The topological polar surface area (TPSA) is 78.5 Å². The van der Waals surface area contributed by atoms with E-state index in [4.69, 9.17) is 0 Å². The van der Waals surface area contributed by atoms with Crippen LogP contribution in [0.1, 0.15) is 56.8 Å². The summed E-state index contributed by atoms with van der Waals surface area (Å²) in [7, 11) is 0. The van der Waals surface area contributed by atoms with E-state index in [1.807, 2.05) is 13.8 Å².